The van der Waals surface area contributed by atoms with E-state index in [9.17, 15) is 14.0 Å². The number of carbonyl (C=O) groups is 2. The maximum absolute atomic E-state index is 12.9. The van der Waals surface area contributed by atoms with E-state index in [1.54, 1.807) is 12.1 Å². The first-order chi connectivity index (χ1) is 12.0. The van der Waals surface area contributed by atoms with Crippen LogP contribution in [0.2, 0.25) is 0 Å². The smallest absolute Gasteiger partial charge is 0.240 e. The summed E-state index contributed by atoms with van der Waals surface area (Å²) in [5.74, 6) is -0.769. The van der Waals surface area contributed by atoms with Gasteiger partial charge in [-0.2, -0.15) is 0 Å². The van der Waals surface area contributed by atoms with Crippen molar-refractivity contribution in [1.29, 1.82) is 0 Å². The Bertz CT molecular complexity index is 783. The van der Waals surface area contributed by atoms with Crippen LogP contribution in [0.5, 0.6) is 0 Å². The van der Waals surface area contributed by atoms with Gasteiger partial charge in [-0.15, -0.1) is 0 Å². The highest BCUT2D eigenvalue weighted by molar-refractivity contribution is 6.13. The fourth-order valence-corrected chi connectivity index (χ4v) is 2.80. The van der Waals surface area contributed by atoms with Crippen LogP contribution in [0.3, 0.4) is 0 Å². The lowest BCUT2D eigenvalue weighted by molar-refractivity contribution is -0.134. The van der Waals surface area contributed by atoms with Gasteiger partial charge < -0.3 is 10.6 Å². The van der Waals surface area contributed by atoms with Gasteiger partial charge in [0.1, 0.15) is 11.2 Å². The van der Waals surface area contributed by atoms with E-state index < -0.39 is 5.41 Å². The zero-order valence-corrected chi connectivity index (χ0v) is 14.1. The molecule has 2 N–H and O–H groups in total. The fraction of sp³-hybridized carbons (Fsp3) is 0.300. The van der Waals surface area contributed by atoms with Crippen LogP contribution in [0.15, 0.2) is 48.5 Å². The molecule has 2 amide bonds. The summed E-state index contributed by atoms with van der Waals surface area (Å²) in [6.07, 6.45) is 1.72. The molecule has 0 saturated heterocycles. The van der Waals surface area contributed by atoms with Crippen LogP contribution < -0.4 is 10.6 Å². The quantitative estimate of drug-likeness (QED) is 0.794. The molecule has 4 nitrogen and oxygen atoms in total. The summed E-state index contributed by atoms with van der Waals surface area (Å²) in [5, 5.41) is 5.67. The minimum atomic E-state index is -0.952. The molecular weight excluding hydrogens is 319 g/mol. The van der Waals surface area contributed by atoms with Crippen molar-refractivity contribution >= 4 is 17.5 Å². The topological polar surface area (TPSA) is 58.2 Å². The molecule has 1 fully saturated rings. The molecule has 0 heterocycles. The average molecular weight is 340 g/mol. The van der Waals surface area contributed by atoms with Crippen LogP contribution in [0.1, 0.15) is 24.0 Å². The van der Waals surface area contributed by atoms with Gasteiger partial charge in [-0.3, -0.25) is 9.59 Å². The molecule has 25 heavy (non-hydrogen) atoms. The van der Waals surface area contributed by atoms with Crippen LogP contribution in [-0.4, -0.2) is 18.4 Å². The highest BCUT2D eigenvalue weighted by Gasteiger charge is 2.56. The predicted octanol–water partition coefficient (Wildman–Crippen LogP) is 3.21. The maximum Gasteiger partial charge on any atom is 0.240 e. The van der Waals surface area contributed by atoms with Crippen molar-refractivity contribution in [3.63, 3.8) is 0 Å². The third-order valence-electron chi connectivity index (χ3n) is 4.51. The minimum Gasteiger partial charge on any atom is -0.355 e. The van der Waals surface area contributed by atoms with Gasteiger partial charge in [0.05, 0.1) is 0 Å². The number of rotatable bonds is 6. The molecular formula is C20H21FN2O2. The van der Waals surface area contributed by atoms with Crippen molar-refractivity contribution in [3.8, 4) is 0 Å². The number of hydrogen-bond acceptors (Lipinski definition) is 2. The van der Waals surface area contributed by atoms with Gasteiger partial charge >= 0.3 is 0 Å². The van der Waals surface area contributed by atoms with E-state index >= 15 is 0 Å². The Morgan fingerprint density at radius 2 is 1.80 bits per heavy atom. The number of aryl methyl sites for hydroxylation is 1. The van der Waals surface area contributed by atoms with E-state index in [1.807, 2.05) is 31.2 Å². The van der Waals surface area contributed by atoms with Crippen molar-refractivity contribution in [2.75, 3.05) is 11.9 Å². The fourth-order valence-electron chi connectivity index (χ4n) is 2.80. The second-order valence-corrected chi connectivity index (χ2v) is 6.54. The summed E-state index contributed by atoms with van der Waals surface area (Å²) in [7, 11) is 0. The second kappa shape index (κ2) is 7.05. The van der Waals surface area contributed by atoms with Crippen LogP contribution in [0.25, 0.3) is 0 Å². The Hall–Kier alpha value is -2.69. The third kappa shape index (κ3) is 4.05. The monoisotopic (exact) mass is 340 g/mol. The van der Waals surface area contributed by atoms with E-state index in [4.69, 9.17) is 0 Å². The highest BCUT2D eigenvalue weighted by atomic mass is 19.1. The van der Waals surface area contributed by atoms with Crippen molar-refractivity contribution in [2.45, 2.75) is 26.2 Å². The van der Waals surface area contributed by atoms with Gasteiger partial charge in [0.2, 0.25) is 11.8 Å². The Labute approximate surface area is 146 Å². The van der Waals surface area contributed by atoms with Gasteiger partial charge in [-0.25, -0.2) is 4.39 Å². The predicted molar refractivity (Wildman–Crippen MR) is 94.6 cm³/mol. The maximum atomic E-state index is 12.9. The second-order valence-electron chi connectivity index (χ2n) is 6.54. The van der Waals surface area contributed by atoms with E-state index in [0.29, 0.717) is 31.5 Å². The number of carbonyl (C=O) groups excluding carboxylic acids is 2. The summed E-state index contributed by atoms with van der Waals surface area (Å²) in [4.78, 5) is 24.9. The zero-order chi connectivity index (χ0) is 17.9. The Morgan fingerprint density at radius 1 is 1.08 bits per heavy atom. The average Bonchev–Trinajstić information content (AvgIpc) is 3.38. The molecule has 1 saturated carbocycles. The molecule has 3 rings (SSSR count). The molecule has 5 heteroatoms. The molecule has 0 unspecified atom stereocenters. The van der Waals surface area contributed by atoms with Gasteiger partial charge in [-0.1, -0.05) is 24.3 Å². The molecule has 0 aromatic heterocycles. The lowest BCUT2D eigenvalue weighted by Gasteiger charge is -2.15. The largest absolute Gasteiger partial charge is 0.355 e. The number of hydrogen-bond donors (Lipinski definition) is 2. The Morgan fingerprint density at radius 3 is 2.44 bits per heavy atom. The summed E-state index contributed by atoms with van der Waals surface area (Å²) >= 11 is 0. The lowest BCUT2D eigenvalue weighted by atomic mass is 10.0. The van der Waals surface area contributed by atoms with E-state index in [1.165, 1.54) is 12.1 Å². The molecule has 130 valence electrons. The van der Waals surface area contributed by atoms with Crippen LogP contribution in [0, 0.1) is 18.2 Å². The highest BCUT2D eigenvalue weighted by Crippen LogP contribution is 2.46. The number of nitrogens with one attached hydrogen (secondary N) is 2. The molecule has 0 bridgehead atoms. The van der Waals surface area contributed by atoms with Crippen LogP contribution >= 0.6 is 0 Å². The Balaban J connectivity index is 1.53. The summed E-state index contributed by atoms with van der Waals surface area (Å²) in [6, 6.07) is 13.7. The standard InChI is InChI=1S/C20H21FN2O2/c1-14-3-2-4-17(13-14)23-19(25)20(10-11-20)18(24)22-12-9-15-5-7-16(21)8-6-15/h2-8,13H,9-12H2,1H3,(H,22,24)(H,23,25). The van der Waals surface area contributed by atoms with Crippen LogP contribution in [0.4, 0.5) is 10.1 Å². The summed E-state index contributed by atoms with van der Waals surface area (Å²) < 4.78 is 12.9. The van der Waals surface area contributed by atoms with E-state index in [2.05, 4.69) is 10.6 Å². The van der Waals surface area contributed by atoms with Gasteiger partial charge in [-0.05, 0) is 61.6 Å². The first-order valence-electron chi connectivity index (χ1n) is 8.40. The lowest BCUT2D eigenvalue weighted by Crippen LogP contribution is -2.40. The SMILES string of the molecule is Cc1cccc(NC(=O)C2(C(=O)NCCc3ccc(F)cc3)CC2)c1. The first kappa shape index (κ1) is 17.1. The van der Waals surface area contributed by atoms with Crippen molar-refractivity contribution in [3.05, 3.63) is 65.5 Å². The molecule has 2 aromatic carbocycles. The minimum absolute atomic E-state index is 0.236. The number of anilines is 1. The molecule has 2 aromatic rings. The molecule has 0 radical (unpaired) electrons. The van der Waals surface area contributed by atoms with Crippen molar-refractivity contribution in [2.24, 2.45) is 5.41 Å². The molecule has 0 aliphatic heterocycles. The van der Waals surface area contributed by atoms with Crippen molar-refractivity contribution in [1.82, 2.24) is 5.32 Å². The molecule has 0 spiro atoms. The normalized spacial score (nSPS) is 14.6. The first-order valence-corrected chi connectivity index (χ1v) is 8.40. The number of amides is 2. The number of halogens is 1. The Kier molecular flexibility index (Phi) is 4.83. The van der Waals surface area contributed by atoms with Crippen molar-refractivity contribution < 1.29 is 14.0 Å². The van der Waals surface area contributed by atoms with Gasteiger partial charge in [0.25, 0.3) is 0 Å². The zero-order valence-electron chi connectivity index (χ0n) is 14.1. The van der Waals surface area contributed by atoms with Crippen LogP contribution in [-0.2, 0) is 16.0 Å². The van der Waals surface area contributed by atoms with Gasteiger partial charge in [0, 0.05) is 12.2 Å². The van der Waals surface area contributed by atoms with E-state index in [-0.39, 0.29) is 17.6 Å². The van der Waals surface area contributed by atoms with E-state index in [0.717, 1.165) is 11.1 Å². The third-order valence-corrected chi connectivity index (χ3v) is 4.51. The summed E-state index contributed by atoms with van der Waals surface area (Å²) in [5.41, 5.74) is 1.74. The summed E-state index contributed by atoms with van der Waals surface area (Å²) in [6.45, 7) is 2.37. The molecule has 0 atom stereocenters. The molecule has 1 aliphatic carbocycles. The number of benzene rings is 2. The van der Waals surface area contributed by atoms with Gasteiger partial charge in [0.15, 0.2) is 0 Å². The molecule has 1 aliphatic rings.